The Balaban J connectivity index is 1.49. The van der Waals surface area contributed by atoms with Crippen molar-refractivity contribution >= 4 is 11.6 Å². The molecule has 3 rings (SSSR count). The summed E-state index contributed by atoms with van der Waals surface area (Å²) in [5.41, 5.74) is 3.95. The SMILES string of the molecule is CCOc1ccc(CN2CCN(C(C)C(=O)Nc3c(C)nn(C)c3C)CC2)cc1. The van der Waals surface area contributed by atoms with Crippen molar-refractivity contribution in [2.24, 2.45) is 7.05 Å². The minimum absolute atomic E-state index is 0.0316. The summed E-state index contributed by atoms with van der Waals surface area (Å²) in [6, 6.07) is 8.16. The van der Waals surface area contributed by atoms with Crippen LogP contribution in [0.4, 0.5) is 5.69 Å². The van der Waals surface area contributed by atoms with Crippen molar-refractivity contribution in [2.45, 2.75) is 40.3 Å². The second kappa shape index (κ2) is 9.41. The molecule has 1 N–H and O–H groups in total. The lowest BCUT2D eigenvalue weighted by atomic mass is 10.1. The monoisotopic (exact) mass is 399 g/mol. The molecule has 1 aliphatic heterocycles. The molecule has 158 valence electrons. The van der Waals surface area contributed by atoms with Crippen LogP contribution < -0.4 is 10.1 Å². The van der Waals surface area contributed by atoms with Crippen LogP contribution in [0.2, 0.25) is 0 Å². The smallest absolute Gasteiger partial charge is 0.241 e. The maximum absolute atomic E-state index is 12.8. The molecule has 1 fully saturated rings. The molecule has 7 nitrogen and oxygen atoms in total. The fourth-order valence-electron chi connectivity index (χ4n) is 3.77. The second-order valence-electron chi connectivity index (χ2n) is 7.72. The number of hydrogen-bond acceptors (Lipinski definition) is 5. The first-order valence-corrected chi connectivity index (χ1v) is 10.4. The summed E-state index contributed by atoms with van der Waals surface area (Å²) in [5.74, 6) is 0.948. The summed E-state index contributed by atoms with van der Waals surface area (Å²) in [5, 5.41) is 7.45. The van der Waals surface area contributed by atoms with Crippen molar-refractivity contribution in [2.75, 3.05) is 38.1 Å². The second-order valence-corrected chi connectivity index (χ2v) is 7.72. The number of carbonyl (C=O) groups is 1. The molecule has 1 amide bonds. The van der Waals surface area contributed by atoms with E-state index in [2.05, 4.69) is 32.3 Å². The van der Waals surface area contributed by atoms with Crippen LogP contribution >= 0.6 is 0 Å². The Kier molecular flexibility index (Phi) is 6.92. The molecule has 0 spiro atoms. The Hall–Kier alpha value is -2.38. The number of piperazine rings is 1. The van der Waals surface area contributed by atoms with E-state index in [9.17, 15) is 4.79 Å². The van der Waals surface area contributed by atoms with Crippen LogP contribution in [0.25, 0.3) is 0 Å². The fraction of sp³-hybridized carbons (Fsp3) is 0.545. The van der Waals surface area contributed by atoms with Gasteiger partial charge >= 0.3 is 0 Å². The van der Waals surface area contributed by atoms with E-state index in [0.717, 1.165) is 55.5 Å². The van der Waals surface area contributed by atoms with E-state index >= 15 is 0 Å². The predicted molar refractivity (Wildman–Crippen MR) is 115 cm³/mol. The number of carbonyl (C=O) groups excluding carboxylic acids is 1. The van der Waals surface area contributed by atoms with Gasteiger partial charge in [0.25, 0.3) is 0 Å². The molecule has 1 unspecified atom stereocenters. The highest BCUT2D eigenvalue weighted by molar-refractivity contribution is 5.95. The third kappa shape index (κ3) is 5.16. The van der Waals surface area contributed by atoms with Crippen LogP contribution in [-0.4, -0.2) is 64.3 Å². The largest absolute Gasteiger partial charge is 0.494 e. The Bertz CT molecular complexity index is 822. The van der Waals surface area contributed by atoms with Gasteiger partial charge in [0.15, 0.2) is 0 Å². The van der Waals surface area contributed by atoms with Gasteiger partial charge in [-0.2, -0.15) is 5.10 Å². The van der Waals surface area contributed by atoms with Gasteiger partial charge in [0.2, 0.25) is 5.91 Å². The Morgan fingerprint density at radius 1 is 1.17 bits per heavy atom. The molecule has 0 bridgehead atoms. The molecule has 1 atom stereocenters. The van der Waals surface area contributed by atoms with Gasteiger partial charge < -0.3 is 10.1 Å². The molecule has 2 heterocycles. The summed E-state index contributed by atoms with van der Waals surface area (Å²) in [4.78, 5) is 17.5. The molecule has 0 saturated carbocycles. The van der Waals surface area contributed by atoms with E-state index in [-0.39, 0.29) is 11.9 Å². The zero-order valence-corrected chi connectivity index (χ0v) is 18.2. The van der Waals surface area contributed by atoms with Crippen molar-refractivity contribution in [3.8, 4) is 5.75 Å². The molecule has 1 aromatic heterocycles. The lowest BCUT2D eigenvalue weighted by Crippen LogP contribution is -2.52. The maximum atomic E-state index is 12.8. The van der Waals surface area contributed by atoms with E-state index in [1.807, 2.05) is 46.9 Å². The zero-order chi connectivity index (χ0) is 21.0. The Labute approximate surface area is 173 Å². The van der Waals surface area contributed by atoms with Gasteiger partial charge in [0, 0.05) is 39.8 Å². The van der Waals surface area contributed by atoms with Crippen LogP contribution in [0, 0.1) is 13.8 Å². The molecule has 1 saturated heterocycles. The molecular formula is C22H33N5O2. The van der Waals surface area contributed by atoms with E-state index in [1.165, 1.54) is 5.56 Å². The van der Waals surface area contributed by atoms with Gasteiger partial charge in [0.05, 0.1) is 29.7 Å². The van der Waals surface area contributed by atoms with E-state index in [1.54, 1.807) is 4.68 Å². The number of hydrogen-bond donors (Lipinski definition) is 1. The molecule has 29 heavy (non-hydrogen) atoms. The molecule has 7 heteroatoms. The van der Waals surface area contributed by atoms with Gasteiger partial charge in [-0.3, -0.25) is 19.3 Å². The number of nitrogens with one attached hydrogen (secondary N) is 1. The van der Waals surface area contributed by atoms with Gasteiger partial charge in [-0.25, -0.2) is 0 Å². The normalized spacial score (nSPS) is 16.6. The van der Waals surface area contributed by atoms with Gasteiger partial charge in [-0.1, -0.05) is 12.1 Å². The highest BCUT2D eigenvalue weighted by Gasteiger charge is 2.26. The van der Waals surface area contributed by atoms with Crippen LogP contribution in [0.5, 0.6) is 5.75 Å². The molecule has 0 aliphatic carbocycles. The van der Waals surface area contributed by atoms with Crippen LogP contribution in [0.15, 0.2) is 24.3 Å². The van der Waals surface area contributed by atoms with Crippen molar-refractivity contribution in [1.29, 1.82) is 0 Å². The summed E-state index contributed by atoms with van der Waals surface area (Å²) in [6.45, 7) is 13.2. The molecule has 1 aliphatic rings. The minimum atomic E-state index is -0.165. The van der Waals surface area contributed by atoms with Crippen LogP contribution in [0.3, 0.4) is 0 Å². The van der Waals surface area contributed by atoms with Gasteiger partial charge in [-0.15, -0.1) is 0 Å². The average Bonchev–Trinajstić information content (AvgIpc) is 2.95. The molecule has 0 radical (unpaired) electrons. The van der Waals surface area contributed by atoms with Crippen molar-refractivity contribution in [1.82, 2.24) is 19.6 Å². The molecule has 2 aromatic rings. The lowest BCUT2D eigenvalue weighted by Gasteiger charge is -2.37. The average molecular weight is 400 g/mol. The number of anilines is 1. The van der Waals surface area contributed by atoms with Crippen molar-refractivity contribution in [3.63, 3.8) is 0 Å². The van der Waals surface area contributed by atoms with Crippen LogP contribution in [-0.2, 0) is 18.4 Å². The predicted octanol–water partition coefficient (Wildman–Crippen LogP) is 2.58. The van der Waals surface area contributed by atoms with Crippen LogP contribution in [0.1, 0.15) is 30.8 Å². The summed E-state index contributed by atoms with van der Waals surface area (Å²) in [7, 11) is 1.89. The Morgan fingerprint density at radius 3 is 2.38 bits per heavy atom. The number of benzene rings is 1. The summed E-state index contributed by atoms with van der Waals surface area (Å²) in [6.07, 6.45) is 0. The van der Waals surface area contributed by atoms with E-state index in [0.29, 0.717) is 6.61 Å². The summed E-state index contributed by atoms with van der Waals surface area (Å²) >= 11 is 0. The zero-order valence-electron chi connectivity index (χ0n) is 18.2. The number of aryl methyl sites for hydroxylation is 2. The molecule has 1 aromatic carbocycles. The maximum Gasteiger partial charge on any atom is 0.241 e. The first-order chi connectivity index (χ1) is 13.9. The third-order valence-corrected chi connectivity index (χ3v) is 5.73. The fourth-order valence-corrected chi connectivity index (χ4v) is 3.77. The molecular weight excluding hydrogens is 366 g/mol. The topological polar surface area (TPSA) is 62.6 Å². The first kappa shape index (κ1) is 21.3. The third-order valence-electron chi connectivity index (χ3n) is 5.73. The van der Waals surface area contributed by atoms with E-state index < -0.39 is 0 Å². The van der Waals surface area contributed by atoms with Gasteiger partial charge in [0.1, 0.15) is 5.75 Å². The quantitative estimate of drug-likeness (QED) is 0.775. The lowest BCUT2D eigenvalue weighted by molar-refractivity contribution is -0.121. The number of rotatable bonds is 7. The number of nitrogens with zero attached hydrogens (tertiary/aromatic N) is 4. The van der Waals surface area contributed by atoms with Gasteiger partial charge in [-0.05, 0) is 45.4 Å². The first-order valence-electron chi connectivity index (χ1n) is 10.4. The highest BCUT2D eigenvalue weighted by atomic mass is 16.5. The number of ether oxygens (including phenoxy) is 1. The van der Waals surface area contributed by atoms with Crippen molar-refractivity contribution in [3.05, 3.63) is 41.2 Å². The minimum Gasteiger partial charge on any atom is -0.494 e. The van der Waals surface area contributed by atoms with Crippen molar-refractivity contribution < 1.29 is 9.53 Å². The number of aromatic nitrogens is 2. The Morgan fingerprint density at radius 2 is 1.83 bits per heavy atom. The van der Waals surface area contributed by atoms with E-state index in [4.69, 9.17) is 4.74 Å². The highest BCUT2D eigenvalue weighted by Crippen LogP contribution is 2.20. The number of amides is 1. The standard InChI is InChI=1S/C22H33N5O2/c1-6-29-20-9-7-19(8-10-20)15-26-11-13-27(14-12-26)18(4)22(28)23-21-16(2)24-25(5)17(21)3/h7-10,18H,6,11-15H2,1-5H3,(H,23,28). The summed E-state index contributed by atoms with van der Waals surface area (Å²) < 4.78 is 7.31.